The van der Waals surface area contributed by atoms with Crippen molar-refractivity contribution in [2.75, 3.05) is 11.9 Å². The maximum atomic E-state index is 12.5. The Morgan fingerprint density at radius 3 is 2.27 bits per heavy atom. The molecule has 0 atom stereocenters. The molecular formula is C22H33NO3. The number of nitrogens with one attached hydrogen (secondary N) is 1. The SMILES string of the molecule is CCCCOC(=O)c1ccc(NC(=O)C2CCC(CCCC)CC2)cc1. The molecular weight excluding hydrogens is 326 g/mol. The van der Waals surface area contributed by atoms with Crippen LogP contribution in [0, 0.1) is 11.8 Å². The molecule has 1 fully saturated rings. The summed E-state index contributed by atoms with van der Waals surface area (Å²) in [5.41, 5.74) is 1.27. The van der Waals surface area contributed by atoms with Crippen LogP contribution in [0.15, 0.2) is 24.3 Å². The maximum absolute atomic E-state index is 12.5. The standard InChI is InChI=1S/C22H33NO3/c1-3-5-7-17-8-10-18(11-9-17)21(24)23-20-14-12-19(13-15-20)22(25)26-16-6-4-2/h12-15,17-18H,3-11,16H2,1-2H3,(H,23,24). The van der Waals surface area contributed by atoms with Crippen molar-refractivity contribution < 1.29 is 14.3 Å². The van der Waals surface area contributed by atoms with E-state index in [0.29, 0.717) is 12.2 Å². The molecule has 1 aromatic carbocycles. The van der Waals surface area contributed by atoms with Crippen LogP contribution in [0.4, 0.5) is 5.69 Å². The fourth-order valence-electron chi connectivity index (χ4n) is 3.53. The van der Waals surface area contributed by atoms with Crippen LogP contribution in [-0.4, -0.2) is 18.5 Å². The largest absolute Gasteiger partial charge is 0.462 e. The van der Waals surface area contributed by atoms with Gasteiger partial charge in [-0.25, -0.2) is 4.79 Å². The summed E-state index contributed by atoms with van der Waals surface area (Å²) in [5, 5.41) is 3.00. The Morgan fingerprint density at radius 1 is 1.00 bits per heavy atom. The summed E-state index contributed by atoms with van der Waals surface area (Å²) in [4.78, 5) is 24.4. The van der Waals surface area contributed by atoms with Gasteiger partial charge in [-0.2, -0.15) is 0 Å². The lowest BCUT2D eigenvalue weighted by molar-refractivity contribution is -0.121. The van der Waals surface area contributed by atoms with E-state index in [1.165, 1.54) is 32.1 Å². The lowest BCUT2D eigenvalue weighted by Crippen LogP contribution is -2.27. The van der Waals surface area contributed by atoms with Gasteiger partial charge in [0.15, 0.2) is 0 Å². The minimum absolute atomic E-state index is 0.109. The Kier molecular flexibility index (Phi) is 8.66. The first kappa shape index (κ1) is 20.5. The summed E-state index contributed by atoms with van der Waals surface area (Å²) in [7, 11) is 0. The predicted molar refractivity (Wildman–Crippen MR) is 105 cm³/mol. The zero-order valence-electron chi connectivity index (χ0n) is 16.3. The van der Waals surface area contributed by atoms with Crippen molar-refractivity contribution in [3.63, 3.8) is 0 Å². The number of rotatable bonds is 9. The van der Waals surface area contributed by atoms with Crippen LogP contribution < -0.4 is 5.32 Å². The molecule has 4 nitrogen and oxygen atoms in total. The van der Waals surface area contributed by atoms with E-state index in [4.69, 9.17) is 4.74 Å². The molecule has 1 amide bonds. The van der Waals surface area contributed by atoms with Crippen LogP contribution in [0.3, 0.4) is 0 Å². The summed E-state index contributed by atoms with van der Waals surface area (Å²) in [5.74, 6) is 0.725. The highest BCUT2D eigenvalue weighted by Gasteiger charge is 2.26. The van der Waals surface area contributed by atoms with Gasteiger partial charge in [-0.1, -0.05) is 39.5 Å². The quantitative estimate of drug-likeness (QED) is 0.462. The number of unbranched alkanes of at least 4 members (excludes halogenated alkanes) is 2. The highest BCUT2D eigenvalue weighted by molar-refractivity contribution is 5.94. The van der Waals surface area contributed by atoms with Crippen LogP contribution >= 0.6 is 0 Å². The van der Waals surface area contributed by atoms with Gasteiger partial charge in [0.1, 0.15) is 0 Å². The van der Waals surface area contributed by atoms with Gasteiger partial charge >= 0.3 is 5.97 Å². The third-order valence-electron chi connectivity index (χ3n) is 5.30. The maximum Gasteiger partial charge on any atom is 0.338 e. The second-order valence-corrected chi connectivity index (χ2v) is 7.42. The third kappa shape index (κ3) is 6.47. The molecule has 0 heterocycles. The molecule has 0 unspecified atom stereocenters. The third-order valence-corrected chi connectivity index (χ3v) is 5.30. The van der Waals surface area contributed by atoms with Gasteiger partial charge in [0.05, 0.1) is 12.2 Å². The molecule has 0 radical (unpaired) electrons. The van der Waals surface area contributed by atoms with Crippen molar-refractivity contribution in [1.29, 1.82) is 0 Å². The molecule has 4 heteroatoms. The number of hydrogen-bond acceptors (Lipinski definition) is 3. The zero-order chi connectivity index (χ0) is 18.8. The van der Waals surface area contributed by atoms with Crippen molar-refractivity contribution in [3.05, 3.63) is 29.8 Å². The first-order chi connectivity index (χ1) is 12.6. The fraction of sp³-hybridized carbons (Fsp3) is 0.636. The van der Waals surface area contributed by atoms with E-state index in [0.717, 1.165) is 37.3 Å². The number of esters is 1. The van der Waals surface area contributed by atoms with Gasteiger partial charge in [0.2, 0.25) is 5.91 Å². The summed E-state index contributed by atoms with van der Waals surface area (Å²) < 4.78 is 5.20. The summed E-state index contributed by atoms with van der Waals surface area (Å²) >= 11 is 0. The van der Waals surface area contributed by atoms with E-state index >= 15 is 0 Å². The summed E-state index contributed by atoms with van der Waals surface area (Å²) in [6.07, 6.45) is 10.0. The van der Waals surface area contributed by atoms with Crippen LogP contribution in [0.5, 0.6) is 0 Å². The van der Waals surface area contributed by atoms with E-state index in [9.17, 15) is 9.59 Å². The topological polar surface area (TPSA) is 55.4 Å². The Bertz CT molecular complexity index is 559. The fourth-order valence-corrected chi connectivity index (χ4v) is 3.53. The van der Waals surface area contributed by atoms with Crippen LogP contribution in [0.25, 0.3) is 0 Å². The van der Waals surface area contributed by atoms with Crippen molar-refractivity contribution in [2.45, 2.75) is 71.6 Å². The number of benzene rings is 1. The van der Waals surface area contributed by atoms with Crippen LogP contribution in [0.1, 0.15) is 82.0 Å². The van der Waals surface area contributed by atoms with Crippen LogP contribution in [-0.2, 0) is 9.53 Å². The predicted octanol–water partition coefficient (Wildman–Crippen LogP) is 5.58. The number of ether oxygens (including phenoxy) is 1. The number of carbonyl (C=O) groups is 2. The molecule has 0 aliphatic heterocycles. The lowest BCUT2D eigenvalue weighted by Gasteiger charge is -2.27. The molecule has 26 heavy (non-hydrogen) atoms. The monoisotopic (exact) mass is 359 g/mol. The smallest absolute Gasteiger partial charge is 0.338 e. The van der Waals surface area contributed by atoms with Crippen molar-refractivity contribution in [3.8, 4) is 0 Å². The first-order valence-corrected chi connectivity index (χ1v) is 10.2. The average Bonchev–Trinajstić information content (AvgIpc) is 2.67. The highest BCUT2D eigenvalue weighted by atomic mass is 16.5. The zero-order valence-corrected chi connectivity index (χ0v) is 16.3. The van der Waals surface area contributed by atoms with Crippen molar-refractivity contribution in [2.24, 2.45) is 11.8 Å². The molecule has 1 saturated carbocycles. The molecule has 0 bridgehead atoms. The number of anilines is 1. The van der Waals surface area contributed by atoms with Gasteiger partial charge in [-0.15, -0.1) is 0 Å². The minimum Gasteiger partial charge on any atom is -0.462 e. The molecule has 1 N–H and O–H groups in total. The van der Waals surface area contributed by atoms with Crippen molar-refractivity contribution >= 4 is 17.6 Å². The van der Waals surface area contributed by atoms with Crippen LogP contribution in [0.2, 0.25) is 0 Å². The number of carbonyl (C=O) groups excluding carboxylic acids is 2. The van der Waals surface area contributed by atoms with Gasteiger partial charge in [0, 0.05) is 11.6 Å². The van der Waals surface area contributed by atoms with Gasteiger partial charge in [-0.3, -0.25) is 4.79 Å². The van der Waals surface area contributed by atoms with E-state index in [-0.39, 0.29) is 17.8 Å². The number of amides is 1. The Labute approximate surface area is 157 Å². The molecule has 0 saturated heterocycles. The molecule has 144 valence electrons. The Balaban J connectivity index is 1.78. The van der Waals surface area contributed by atoms with Gasteiger partial charge in [0.25, 0.3) is 0 Å². The first-order valence-electron chi connectivity index (χ1n) is 10.2. The second kappa shape index (κ2) is 11.0. The van der Waals surface area contributed by atoms with E-state index in [1.54, 1.807) is 24.3 Å². The van der Waals surface area contributed by atoms with Gasteiger partial charge in [-0.05, 0) is 62.3 Å². The van der Waals surface area contributed by atoms with E-state index in [1.807, 2.05) is 0 Å². The van der Waals surface area contributed by atoms with Crippen molar-refractivity contribution in [1.82, 2.24) is 0 Å². The molecule has 0 aromatic heterocycles. The Hall–Kier alpha value is -1.84. The molecule has 1 aliphatic rings. The average molecular weight is 360 g/mol. The normalized spacial score (nSPS) is 19.8. The van der Waals surface area contributed by atoms with E-state index in [2.05, 4.69) is 19.2 Å². The molecule has 0 spiro atoms. The summed E-state index contributed by atoms with van der Waals surface area (Å²) in [6.45, 7) is 4.74. The number of hydrogen-bond donors (Lipinski definition) is 1. The Morgan fingerprint density at radius 2 is 1.65 bits per heavy atom. The second-order valence-electron chi connectivity index (χ2n) is 7.42. The van der Waals surface area contributed by atoms with Gasteiger partial charge < -0.3 is 10.1 Å². The lowest BCUT2D eigenvalue weighted by atomic mass is 9.79. The van der Waals surface area contributed by atoms with E-state index < -0.39 is 0 Å². The summed E-state index contributed by atoms with van der Waals surface area (Å²) in [6, 6.07) is 6.99. The molecule has 1 aliphatic carbocycles. The highest BCUT2D eigenvalue weighted by Crippen LogP contribution is 2.32. The molecule has 1 aromatic rings. The molecule has 2 rings (SSSR count). The minimum atomic E-state index is -0.304.